The number of nitrogens with zero attached hydrogens (tertiary/aromatic N) is 6. The summed E-state index contributed by atoms with van der Waals surface area (Å²) in [6.45, 7) is 12.1. The molecule has 1 unspecified atom stereocenters. The number of fused-ring (bicyclic) bond motifs is 5. The van der Waals surface area contributed by atoms with Crippen molar-refractivity contribution in [2.24, 2.45) is 11.3 Å². The molecule has 0 fully saturated rings. The Labute approximate surface area is 181 Å². The largest absolute Gasteiger partial charge is 0.269 e. The molecule has 1 atom stereocenters. The summed E-state index contributed by atoms with van der Waals surface area (Å²) in [5.74, 6) is 1.60. The van der Waals surface area contributed by atoms with E-state index in [9.17, 15) is 0 Å². The predicted octanol–water partition coefficient (Wildman–Crippen LogP) is 4.94. The summed E-state index contributed by atoms with van der Waals surface area (Å²) >= 11 is 1.86. The van der Waals surface area contributed by atoms with Gasteiger partial charge < -0.3 is 0 Å². The quantitative estimate of drug-likeness (QED) is 0.457. The van der Waals surface area contributed by atoms with Crippen molar-refractivity contribution in [3.63, 3.8) is 0 Å². The maximum atomic E-state index is 4.93. The summed E-state index contributed by atoms with van der Waals surface area (Å²) in [7, 11) is 0. The van der Waals surface area contributed by atoms with Crippen LogP contribution >= 0.6 is 11.3 Å². The number of hydrogen-bond donors (Lipinski definition) is 0. The fourth-order valence-corrected chi connectivity index (χ4v) is 6.05. The van der Waals surface area contributed by atoms with Crippen LogP contribution in [0.15, 0.2) is 12.4 Å². The van der Waals surface area contributed by atoms with Gasteiger partial charge in [-0.25, -0.2) is 14.5 Å². The van der Waals surface area contributed by atoms with Gasteiger partial charge in [-0.1, -0.05) is 27.2 Å². The van der Waals surface area contributed by atoms with Crippen molar-refractivity contribution in [2.75, 3.05) is 0 Å². The second-order valence-corrected chi connectivity index (χ2v) is 10.5. The molecule has 5 rings (SSSR count). The minimum atomic E-state index is 0.391. The lowest BCUT2D eigenvalue weighted by molar-refractivity contribution is 0.184. The third-order valence-electron chi connectivity index (χ3n) is 7.10. The van der Waals surface area contributed by atoms with Crippen LogP contribution in [0.2, 0.25) is 0 Å². The van der Waals surface area contributed by atoms with Crippen molar-refractivity contribution < 1.29 is 0 Å². The van der Waals surface area contributed by atoms with Gasteiger partial charge >= 0.3 is 0 Å². The SMILES string of the molecule is CCC(C)(C)C1CCc2c(sc3ncn4nc(CCn5nc(C)cc5C)nc4c23)C1. The van der Waals surface area contributed by atoms with E-state index < -0.39 is 0 Å². The molecule has 0 bridgehead atoms. The second kappa shape index (κ2) is 7.15. The third kappa shape index (κ3) is 3.23. The third-order valence-corrected chi connectivity index (χ3v) is 8.26. The van der Waals surface area contributed by atoms with Gasteiger partial charge in [-0.15, -0.1) is 16.4 Å². The molecule has 0 radical (unpaired) electrons. The topological polar surface area (TPSA) is 60.9 Å². The second-order valence-electron chi connectivity index (χ2n) is 9.41. The lowest BCUT2D eigenvalue weighted by atomic mass is 9.70. The van der Waals surface area contributed by atoms with Gasteiger partial charge in [0.25, 0.3) is 0 Å². The molecule has 4 heterocycles. The molecule has 4 aromatic heterocycles. The van der Waals surface area contributed by atoms with Gasteiger partial charge in [0.05, 0.1) is 11.1 Å². The van der Waals surface area contributed by atoms with Crippen LogP contribution in [0.1, 0.15) is 61.3 Å². The number of hydrogen-bond acceptors (Lipinski definition) is 5. The molecular formula is C23H30N6S. The van der Waals surface area contributed by atoms with E-state index in [0.29, 0.717) is 5.41 Å². The standard InChI is InChI=1S/C23H30N6S/c1-6-23(4,5)16-7-8-17-18(12-16)30-22-20(17)21-25-19(27-29(21)13-24-22)9-10-28-15(3)11-14(2)26-28/h11,13,16H,6-10,12H2,1-5H3. The summed E-state index contributed by atoms with van der Waals surface area (Å²) in [5, 5.41) is 10.5. The van der Waals surface area contributed by atoms with Crippen LogP contribution in [0.25, 0.3) is 15.9 Å². The maximum Gasteiger partial charge on any atom is 0.167 e. The van der Waals surface area contributed by atoms with Crippen LogP contribution < -0.4 is 0 Å². The molecule has 0 spiro atoms. The average molecular weight is 423 g/mol. The molecule has 0 aromatic carbocycles. The molecule has 1 aliphatic carbocycles. The lowest BCUT2D eigenvalue weighted by Crippen LogP contribution is -2.28. The van der Waals surface area contributed by atoms with Gasteiger partial charge in [-0.05, 0) is 56.1 Å². The molecule has 0 amide bonds. The lowest BCUT2D eigenvalue weighted by Gasteiger charge is -2.36. The van der Waals surface area contributed by atoms with Crippen molar-refractivity contribution in [1.29, 1.82) is 0 Å². The molecule has 0 saturated carbocycles. The maximum absolute atomic E-state index is 4.93. The predicted molar refractivity (Wildman–Crippen MR) is 121 cm³/mol. The Morgan fingerprint density at radius 1 is 1.23 bits per heavy atom. The highest BCUT2D eigenvalue weighted by Gasteiger charge is 2.33. The van der Waals surface area contributed by atoms with Gasteiger partial charge in [0, 0.05) is 23.5 Å². The van der Waals surface area contributed by atoms with E-state index in [1.54, 1.807) is 0 Å². The van der Waals surface area contributed by atoms with Crippen molar-refractivity contribution in [1.82, 2.24) is 29.4 Å². The first kappa shape index (κ1) is 19.7. The van der Waals surface area contributed by atoms with E-state index in [-0.39, 0.29) is 0 Å². The van der Waals surface area contributed by atoms with Crippen LogP contribution in [0, 0.1) is 25.2 Å². The Kier molecular flexibility index (Phi) is 4.69. The normalized spacial score (nSPS) is 17.2. The van der Waals surface area contributed by atoms with Gasteiger partial charge in [0.15, 0.2) is 11.5 Å². The fourth-order valence-electron chi connectivity index (χ4n) is 4.79. The zero-order valence-electron chi connectivity index (χ0n) is 18.6. The molecule has 4 aromatic rings. The van der Waals surface area contributed by atoms with Gasteiger partial charge in [0.2, 0.25) is 0 Å². The molecular weight excluding hydrogens is 392 g/mol. The number of thiophene rings is 1. The van der Waals surface area contributed by atoms with Crippen molar-refractivity contribution in [3.05, 3.63) is 40.0 Å². The van der Waals surface area contributed by atoms with E-state index >= 15 is 0 Å². The van der Waals surface area contributed by atoms with Crippen molar-refractivity contribution in [2.45, 2.75) is 73.3 Å². The summed E-state index contributed by atoms with van der Waals surface area (Å²) in [4.78, 5) is 12.3. The van der Waals surface area contributed by atoms with Gasteiger partial charge in [-0.2, -0.15) is 5.10 Å². The molecule has 0 N–H and O–H groups in total. The van der Waals surface area contributed by atoms with Gasteiger partial charge in [-0.3, -0.25) is 4.68 Å². The molecule has 158 valence electrons. The van der Waals surface area contributed by atoms with Crippen LogP contribution in [-0.4, -0.2) is 29.4 Å². The average Bonchev–Trinajstić information content (AvgIpc) is 3.39. The Hall–Kier alpha value is -2.28. The van der Waals surface area contributed by atoms with Gasteiger partial charge in [0.1, 0.15) is 11.2 Å². The molecule has 0 saturated heterocycles. The van der Waals surface area contributed by atoms with E-state index in [2.05, 4.69) is 38.9 Å². The van der Waals surface area contributed by atoms with E-state index in [4.69, 9.17) is 15.1 Å². The fraction of sp³-hybridized carbons (Fsp3) is 0.565. The van der Waals surface area contributed by atoms with Crippen molar-refractivity contribution in [3.8, 4) is 0 Å². The molecule has 30 heavy (non-hydrogen) atoms. The van der Waals surface area contributed by atoms with Crippen LogP contribution in [0.4, 0.5) is 0 Å². The summed E-state index contributed by atoms with van der Waals surface area (Å²) in [6.07, 6.45) is 7.36. The highest BCUT2D eigenvalue weighted by atomic mass is 32.1. The summed E-state index contributed by atoms with van der Waals surface area (Å²) in [5.41, 5.74) is 5.05. The van der Waals surface area contributed by atoms with Crippen molar-refractivity contribution >= 4 is 27.2 Å². The molecule has 6 nitrogen and oxygen atoms in total. The first-order chi connectivity index (χ1) is 14.4. The van der Waals surface area contributed by atoms with Crippen LogP contribution in [0.3, 0.4) is 0 Å². The number of aromatic nitrogens is 6. The Bertz CT molecular complexity index is 1230. The zero-order chi connectivity index (χ0) is 21.0. The summed E-state index contributed by atoms with van der Waals surface area (Å²) in [6, 6.07) is 2.11. The Morgan fingerprint density at radius 2 is 2.07 bits per heavy atom. The minimum Gasteiger partial charge on any atom is -0.269 e. The highest BCUT2D eigenvalue weighted by Crippen LogP contribution is 2.44. The number of aryl methyl sites for hydroxylation is 5. The van der Waals surface area contributed by atoms with E-state index in [1.807, 2.05) is 33.8 Å². The molecule has 1 aliphatic rings. The highest BCUT2D eigenvalue weighted by molar-refractivity contribution is 7.19. The minimum absolute atomic E-state index is 0.391. The Balaban J connectivity index is 1.48. The van der Waals surface area contributed by atoms with E-state index in [0.717, 1.165) is 47.3 Å². The van der Waals surface area contributed by atoms with Crippen LogP contribution in [-0.2, 0) is 25.8 Å². The molecule has 7 heteroatoms. The first-order valence-corrected chi connectivity index (χ1v) is 11.8. The monoisotopic (exact) mass is 422 g/mol. The smallest absolute Gasteiger partial charge is 0.167 e. The number of rotatable bonds is 5. The zero-order valence-corrected chi connectivity index (χ0v) is 19.4. The Morgan fingerprint density at radius 3 is 2.80 bits per heavy atom. The summed E-state index contributed by atoms with van der Waals surface area (Å²) < 4.78 is 3.91. The van der Waals surface area contributed by atoms with E-state index in [1.165, 1.54) is 40.8 Å². The first-order valence-electron chi connectivity index (χ1n) is 11.0. The van der Waals surface area contributed by atoms with Crippen LogP contribution in [0.5, 0.6) is 0 Å². The molecule has 0 aliphatic heterocycles.